The van der Waals surface area contributed by atoms with Crippen molar-refractivity contribution in [3.05, 3.63) is 53.1 Å². The van der Waals surface area contributed by atoms with Gasteiger partial charge < -0.3 is 25.2 Å². The number of carboxylic acid groups (broad SMARTS) is 1. The molecule has 2 aromatic carbocycles. The summed E-state index contributed by atoms with van der Waals surface area (Å²) in [4.78, 5) is 15.2. The first-order valence-electron chi connectivity index (χ1n) is 10.4. The minimum atomic E-state index is -1.19. The number of nitrogens with zero attached hydrogens (tertiary/aromatic N) is 3. The molecule has 0 radical (unpaired) electrons. The van der Waals surface area contributed by atoms with Crippen molar-refractivity contribution in [1.29, 1.82) is 0 Å². The van der Waals surface area contributed by atoms with Gasteiger partial charge in [-0.3, -0.25) is 0 Å². The number of carbonyl (C=O) groups is 1. The average Bonchev–Trinajstić information content (AvgIpc) is 2.71. The molecular weight excluding hydrogens is 394 g/mol. The zero-order chi connectivity index (χ0) is 23.3. The molecule has 0 saturated heterocycles. The van der Waals surface area contributed by atoms with E-state index in [2.05, 4.69) is 56.8 Å². The average molecular weight is 428 g/mol. The first-order valence-corrected chi connectivity index (χ1v) is 10.4. The molecule has 0 bridgehead atoms. The predicted molar refractivity (Wildman–Crippen MR) is 125 cm³/mol. The lowest BCUT2D eigenvalue weighted by molar-refractivity contribution is 0.0693. The molecule has 31 heavy (non-hydrogen) atoms. The summed E-state index contributed by atoms with van der Waals surface area (Å²) in [5.74, 6) is -1.50. The Kier molecular flexibility index (Phi) is 7.55. The fraction of sp³-hybridized carbons (Fsp3) is 0.417. The normalized spacial score (nSPS) is 12.0. The summed E-state index contributed by atoms with van der Waals surface area (Å²) in [5, 5.41) is 32.3. The van der Waals surface area contributed by atoms with E-state index in [1.807, 2.05) is 6.07 Å². The molecule has 0 aliphatic heterocycles. The van der Waals surface area contributed by atoms with E-state index in [4.69, 9.17) is 5.11 Å². The van der Waals surface area contributed by atoms with Gasteiger partial charge in [-0.15, -0.1) is 0 Å². The number of benzene rings is 2. The molecule has 0 aromatic heterocycles. The van der Waals surface area contributed by atoms with Gasteiger partial charge in [-0.2, -0.15) is 0 Å². The Hall–Kier alpha value is -3.22. The second-order valence-electron chi connectivity index (χ2n) is 8.56. The van der Waals surface area contributed by atoms with Crippen LogP contribution in [-0.4, -0.2) is 53.8 Å². The Labute approximate surface area is 184 Å². The highest BCUT2D eigenvalue weighted by molar-refractivity contribution is 6.03. The number of hydrogen-bond donors (Lipinski definition) is 3. The molecule has 2 rings (SSSR count). The Morgan fingerprint density at radius 2 is 1.71 bits per heavy atom. The van der Waals surface area contributed by atoms with Gasteiger partial charge in [-0.1, -0.05) is 32.0 Å². The van der Waals surface area contributed by atoms with Crippen LogP contribution in [0.4, 0.5) is 11.4 Å². The summed E-state index contributed by atoms with van der Waals surface area (Å²) in [6.45, 7) is 12.8. The zero-order valence-corrected chi connectivity index (χ0v) is 19.2. The van der Waals surface area contributed by atoms with Crippen LogP contribution in [0.1, 0.15) is 56.1 Å². The van der Waals surface area contributed by atoms with Crippen LogP contribution >= 0.6 is 0 Å². The minimum absolute atomic E-state index is 0.0984. The van der Waals surface area contributed by atoms with Gasteiger partial charge in [0.2, 0.25) is 0 Å². The lowest BCUT2D eigenvalue weighted by Gasteiger charge is -2.31. The number of oxime groups is 1. The molecule has 168 valence electrons. The molecule has 7 heteroatoms. The van der Waals surface area contributed by atoms with Crippen LogP contribution < -0.4 is 9.80 Å². The molecule has 0 heterocycles. The van der Waals surface area contributed by atoms with Gasteiger partial charge in [-0.05, 0) is 49.1 Å². The molecule has 0 amide bonds. The fourth-order valence-corrected chi connectivity index (χ4v) is 3.59. The number of aromatic carboxylic acids is 1. The topological polar surface area (TPSA) is 96.6 Å². The molecule has 0 saturated carbocycles. The van der Waals surface area contributed by atoms with Gasteiger partial charge in [0, 0.05) is 43.1 Å². The number of rotatable bonds is 8. The molecular formula is C24H33N3O4. The van der Waals surface area contributed by atoms with Gasteiger partial charge in [0.15, 0.2) is 0 Å². The van der Waals surface area contributed by atoms with Gasteiger partial charge in [0.05, 0.1) is 6.54 Å². The van der Waals surface area contributed by atoms with E-state index < -0.39 is 5.97 Å². The van der Waals surface area contributed by atoms with E-state index in [1.54, 1.807) is 18.0 Å². The van der Waals surface area contributed by atoms with E-state index in [0.29, 0.717) is 11.4 Å². The number of aromatic hydroxyl groups is 1. The minimum Gasteiger partial charge on any atom is -0.507 e. The predicted octanol–water partition coefficient (Wildman–Crippen LogP) is 4.55. The Bertz CT molecular complexity index is 960. The van der Waals surface area contributed by atoms with E-state index in [9.17, 15) is 15.1 Å². The first-order chi connectivity index (χ1) is 14.5. The standard InChI is InChI=1S/C24H33N3O4/c1-7-27(8-2)21-12-9-16(13-19(21)24(3,4)5)20(25-31)15-26(6)17-10-11-18(23(29)30)22(28)14-17/h9-14,28,31H,7-8,15H2,1-6H3,(H,29,30)/b25-20-. The van der Waals surface area contributed by atoms with Crippen LogP contribution in [0.25, 0.3) is 0 Å². The van der Waals surface area contributed by atoms with E-state index in [-0.39, 0.29) is 23.3 Å². The molecule has 0 aliphatic rings. The van der Waals surface area contributed by atoms with Crippen LogP contribution in [0, 0.1) is 0 Å². The molecule has 7 nitrogen and oxygen atoms in total. The van der Waals surface area contributed by atoms with Crippen molar-refractivity contribution in [3.8, 4) is 5.75 Å². The molecule has 0 unspecified atom stereocenters. The van der Waals surface area contributed by atoms with Crippen molar-refractivity contribution in [2.24, 2.45) is 5.16 Å². The maximum absolute atomic E-state index is 11.1. The van der Waals surface area contributed by atoms with Crippen LogP contribution in [0.2, 0.25) is 0 Å². The highest BCUT2D eigenvalue weighted by Crippen LogP contribution is 2.33. The van der Waals surface area contributed by atoms with E-state index in [1.165, 1.54) is 23.4 Å². The third-order valence-electron chi connectivity index (χ3n) is 5.40. The zero-order valence-electron chi connectivity index (χ0n) is 19.2. The highest BCUT2D eigenvalue weighted by atomic mass is 16.4. The van der Waals surface area contributed by atoms with Gasteiger partial charge in [0.1, 0.15) is 17.0 Å². The maximum atomic E-state index is 11.1. The Morgan fingerprint density at radius 1 is 1.06 bits per heavy atom. The summed E-state index contributed by atoms with van der Waals surface area (Å²) in [5.41, 5.74) is 3.97. The van der Waals surface area contributed by atoms with Crippen molar-refractivity contribution in [1.82, 2.24) is 0 Å². The van der Waals surface area contributed by atoms with Crippen molar-refractivity contribution >= 4 is 23.1 Å². The highest BCUT2D eigenvalue weighted by Gasteiger charge is 2.22. The number of anilines is 2. The Morgan fingerprint density at radius 3 is 2.19 bits per heavy atom. The molecule has 2 aromatic rings. The second-order valence-corrected chi connectivity index (χ2v) is 8.56. The lowest BCUT2D eigenvalue weighted by Crippen LogP contribution is -2.28. The molecule has 3 N–H and O–H groups in total. The number of carboxylic acids is 1. The molecule has 0 fully saturated rings. The third kappa shape index (κ3) is 5.48. The van der Waals surface area contributed by atoms with Crippen molar-refractivity contribution in [3.63, 3.8) is 0 Å². The number of phenols is 1. The quantitative estimate of drug-likeness (QED) is 0.325. The van der Waals surface area contributed by atoms with Crippen molar-refractivity contribution in [2.75, 3.05) is 36.5 Å². The maximum Gasteiger partial charge on any atom is 0.339 e. The van der Waals surface area contributed by atoms with E-state index >= 15 is 0 Å². The van der Waals surface area contributed by atoms with Crippen LogP contribution in [0.15, 0.2) is 41.6 Å². The lowest BCUT2D eigenvalue weighted by atomic mass is 9.84. The van der Waals surface area contributed by atoms with Crippen molar-refractivity contribution in [2.45, 2.75) is 40.0 Å². The molecule has 0 aliphatic carbocycles. The smallest absolute Gasteiger partial charge is 0.339 e. The largest absolute Gasteiger partial charge is 0.507 e. The summed E-state index contributed by atoms with van der Waals surface area (Å²) in [7, 11) is 1.79. The van der Waals surface area contributed by atoms with Gasteiger partial charge in [-0.25, -0.2) is 4.79 Å². The molecule has 0 atom stereocenters. The summed E-state index contributed by atoms with van der Waals surface area (Å²) < 4.78 is 0. The monoisotopic (exact) mass is 427 g/mol. The van der Waals surface area contributed by atoms with Crippen molar-refractivity contribution < 1.29 is 20.2 Å². The number of likely N-dealkylation sites (N-methyl/N-ethyl adjacent to an activating group) is 1. The van der Waals surface area contributed by atoms with Crippen LogP contribution in [0.5, 0.6) is 5.75 Å². The first kappa shape index (κ1) is 24.1. The summed E-state index contributed by atoms with van der Waals surface area (Å²) in [6, 6.07) is 10.5. The third-order valence-corrected chi connectivity index (χ3v) is 5.40. The van der Waals surface area contributed by atoms with Gasteiger partial charge >= 0.3 is 5.97 Å². The SMILES string of the molecule is CCN(CC)c1ccc(/C(CN(C)c2ccc(C(=O)O)c(O)c2)=N\O)cc1C(C)(C)C. The number of hydrogen-bond acceptors (Lipinski definition) is 6. The Balaban J connectivity index is 2.38. The van der Waals surface area contributed by atoms with Gasteiger partial charge in [0.25, 0.3) is 0 Å². The van der Waals surface area contributed by atoms with Crippen LogP contribution in [-0.2, 0) is 5.41 Å². The molecule has 0 spiro atoms. The second kappa shape index (κ2) is 9.73. The van der Waals surface area contributed by atoms with Crippen LogP contribution in [0.3, 0.4) is 0 Å². The summed E-state index contributed by atoms with van der Waals surface area (Å²) >= 11 is 0. The fourth-order valence-electron chi connectivity index (χ4n) is 3.59. The summed E-state index contributed by atoms with van der Waals surface area (Å²) in [6.07, 6.45) is 0. The van der Waals surface area contributed by atoms with E-state index in [0.717, 1.165) is 18.7 Å².